The Morgan fingerprint density at radius 1 is 1.39 bits per heavy atom. The summed E-state index contributed by atoms with van der Waals surface area (Å²) in [5.74, 6) is 0.603. The molecule has 2 aliphatic rings. The number of amides is 1. The average molecular weight is 414 g/mol. The molecule has 5 rings (SSSR count). The van der Waals surface area contributed by atoms with Crippen LogP contribution in [0.3, 0.4) is 0 Å². The Balaban J connectivity index is 1.58. The van der Waals surface area contributed by atoms with Gasteiger partial charge in [0.15, 0.2) is 5.82 Å². The molecule has 10 nitrogen and oxygen atoms in total. The van der Waals surface area contributed by atoms with E-state index >= 15 is 0 Å². The van der Waals surface area contributed by atoms with Crippen molar-refractivity contribution in [3.8, 4) is 11.8 Å². The number of hydrogen-bond acceptors (Lipinski definition) is 7. The molecule has 1 aromatic carbocycles. The number of nitriles is 1. The smallest absolute Gasteiger partial charge is 0.266 e. The molecule has 1 saturated heterocycles. The number of aromatic amines is 1. The number of carbonyl (C=O) groups is 1. The van der Waals surface area contributed by atoms with E-state index in [1.165, 1.54) is 17.0 Å². The predicted molar refractivity (Wildman–Crippen MR) is 113 cm³/mol. The number of aryl methyl sites for hydroxylation is 1. The lowest BCUT2D eigenvalue weighted by Crippen LogP contribution is -2.56. The van der Waals surface area contributed by atoms with Crippen molar-refractivity contribution in [3.05, 3.63) is 58.8 Å². The van der Waals surface area contributed by atoms with Crippen LogP contribution in [-0.2, 0) is 4.79 Å². The van der Waals surface area contributed by atoms with Crippen LogP contribution in [0.4, 0.5) is 5.82 Å². The zero-order valence-electron chi connectivity index (χ0n) is 16.7. The van der Waals surface area contributed by atoms with Crippen molar-refractivity contribution < 1.29 is 4.79 Å². The van der Waals surface area contributed by atoms with Gasteiger partial charge in [-0.05, 0) is 24.6 Å². The van der Waals surface area contributed by atoms with Crippen molar-refractivity contribution in [3.63, 3.8) is 0 Å². The maximum atomic E-state index is 13.4. The standard InChI is InChI=1S/C21H18N8O2/c1-3-16(30)28-8-12(9-28)19-25-15(6-22)17-20(26-19)23-10-29(21(17)31)18-11(2)4-5-14-13(18)7-24-27-14/h3-5,7,10,12,15H,1,8-9H2,2H3,(H,24,27)(H,25,26). The summed E-state index contributed by atoms with van der Waals surface area (Å²) in [6.07, 6.45) is 4.37. The van der Waals surface area contributed by atoms with E-state index in [-0.39, 0.29) is 28.8 Å². The van der Waals surface area contributed by atoms with Crippen molar-refractivity contribution in [1.82, 2.24) is 30.0 Å². The minimum atomic E-state index is -0.886. The predicted octanol–water partition coefficient (Wildman–Crippen LogP) is 1.26. The second kappa shape index (κ2) is 6.91. The van der Waals surface area contributed by atoms with E-state index in [1.54, 1.807) is 11.1 Å². The Morgan fingerprint density at radius 3 is 2.94 bits per heavy atom. The van der Waals surface area contributed by atoms with E-state index in [2.05, 4.69) is 38.1 Å². The number of H-pyrrole nitrogens is 1. The van der Waals surface area contributed by atoms with Gasteiger partial charge in [-0.1, -0.05) is 12.6 Å². The number of benzene rings is 1. The number of hydrogen-bond donors (Lipinski definition) is 2. The van der Waals surface area contributed by atoms with E-state index in [9.17, 15) is 14.9 Å². The summed E-state index contributed by atoms with van der Waals surface area (Å²) in [7, 11) is 0. The van der Waals surface area contributed by atoms with Crippen LogP contribution in [0.5, 0.6) is 0 Å². The molecule has 1 atom stereocenters. The highest BCUT2D eigenvalue weighted by Gasteiger charge is 2.37. The SMILES string of the molecule is C=CC(=O)N1CC(C2=Nc3ncn(-c4c(C)ccc5[nH]ncc45)c(=O)c3C(C#N)N2)C1. The molecule has 0 bridgehead atoms. The lowest BCUT2D eigenvalue weighted by atomic mass is 9.96. The first-order valence-corrected chi connectivity index (χ1v) is 9.72. The quantitative estimate of drug-likeness (QED) is 0.620. The molecule has 0 saturated carbocycles. The van der Waals surface area contributed by atoms with Gasteiger partial charge in [0.1, 0.15) is 18.2 Å². The number of aliphatic imine (C=N–C) groups is 1. The summed E-state index contributed by atoms with van der Waals surface area (Å²) in [5, 5.41) is 20.6. The van der Waals surface area contributed by atoms with Gasteiger partial charge < -0.3 is 10.2 Å². The Bertz CT molecular complexity index is 1370. The van der Waals surface area contributed by atoms with Gasteiger partial charge in [0, 0.05) is 18.5 Å². The summed E-state index contributed by atoms with van der Waals surface area (Å²) in [4.78, 5) is 35.6. The van der Waals surface area contributed by atoms with Gasteiger partial charge in [-0.3, -0.25) is 19.3 Å². The van der Waals surface area contributed by atoms with Crippen molar-refractivity contribution in [2.24, 2.45) is 10.9 Å². The molecule has 0 aliphatic carbocycles. The largest absolute Gasteiger partial charge is 0.354 e. The van der Waals surface area contributed by atoms with E-state index in [1.807, 2.05) is 19.1 Å². The first-order chi connectivity index (χ1) is 15.0. The third-order valence-corrected chi connectivity index (χ3v) is 5.71. The summed E-state index contributed by atoms with van der Waals surface area (Å²) in [5.41, 5.74) is 2.17. The van der Waals surface area contributed by atoms with Gasteiger partial charge in [0.2, 0.25) is 5.91 Å². The topological polar surface area (TPSA) is 132 Å². The van der Waals surface area contributed by atoms with Gasteiger partial charge in [-0.2, -0.15) is 10.4 Å². The van der Waals surface area contributed by atoms with Crippen molar-refractivity contribution in [1.29, 1.82) is 5.26 Å². The number of amidine groups is 1. The number of rotatable bonds is 3. The molecule has 4 heterocycles. The number of fused-ring (bicyclic) bond motifs is 2. The molecule has 2 aromatic heterocycles. The molecular formula is C21H18N8O2. The Labute approximate surface area is 176 Å². The van der Waals surface area contributed by atoms with Crippen LogP contribution in [0, 0.1) is 24.2 Å². The molecule has 154 valence electrons. The molecule has 0 spiro atoms. The maximum absolute atomic E-state index is 13.4. The highest BCUT2D eigenvalue weighted by Crippen LogP contribution is 2.30. The van der Waals surface area contributed by atoms with E-state index in [4.69, 9.17) is 0 Å². The fourth-order valence-electron chi connectivity index (χ4n) is 4.03. The van der Waals surface area contributed by atoms with E-state index in [0.29, 0.717) is 24.6 Å². The van der Waals surface area contributed by atoms with Gasteiger partial charge in [0.05, 0.1) is 35.0 Å². The molecule has 3 aromatic rings. The Hall–Kier alpha value is -4.26. The van der Waals surface area contributed by atoms with E-state index in [0.717, 1.165) is 16.5 Å². The second-order valence-electron chi connectivity index (χ2n) is 7.57. The number of nitrogens with zero attached hydrogens (tertiary/aromatic N) is 6. The normalized spacial score (nSPS) is 17.9. The fourth-order valence-corrected chi connectivity index (χ4v) is 4.03. The first-order valence-electron chi connectivity index (χ1n) is 9.72. The van der Waals surface area contributed by atoms with Crippen LogP contribution in [0.25, 0.3) is 16.6 Å². The number of likely N-dealkylation sites (tertiary alicyclic amines) is 1. The summed E-state index contributed by atoms with van der Waals surface area (Å²) in [6, 6.07) is 5.05. The number of aromatic nitrogens is 4. The van der Waals surface area contributed by atoms with Gasteiger partial charge >= 0.3 is 0 Å². The van der Waals surface area contributed by atoms with Crippen LogP contribution < -0.4 is 10.9 Å². The lowest BCUT2D eigenvalue weighted by Gasteiger charge is -2.40. The van der Waals surface area contributed by atoms with Gasteiger partial charge in [-0.25, -0.2) is 9.98 Å². The van der Waals surface area contributed by atoms with Crippen molar-refractivity contribution in [2.75, 3.05) is 13.1 Å². The molecule has 1 unspecified atom stereocenters. The molecule has 0 radical (unpaired) electrons. The van der Waals surface area contributed by atoms with Gasteiger partial charge in [-0.15, -0.1) is 0 Å². The molecule has 1 amide bonds. The minimum Gasteiger partial charge on any atom is -0.354 e. The van der Waals surface area contributed by atoms with Crippen LogP contribution in [-0.4, -0.2) is 49.5 Å². The molecule has 2 aliphatic heterocycles. The Kier molecular flexibility index (Phi) is 4.18. The van der Waals surface area contributed by atoms with E-state index < -0.39 is 6.04 Å². The number of carbonyl (C=O) groups excluding carboxylic acids is 1. The molecule has 1 fully saturated rings. The molecule has 10 heteroatoms. The van der Waals surface area contributed by atoms with Crippen LogP contribution in [0.2, 0.25) is 0 Å². The van der Waals surface area contributed by atoms with Crippen LogP contribution in [0.1, 0.15) is 17.2 Å². The summed E-state index contributed by atoms with van der Waals surface area (Å²) < 4.78 is 1.44. The first kappa shape index (κ1) is 18.7. The molecule has 2 N–H and O–H groups in total. The molecule has 31 heavy (non-hydrogen) atoms. The maximum Gasteiger partial charge on any atom is 0.266 e. The summed E-state index contributed by atoms with van der Waals surface area (Å²) >= 11 is 0. The van der Waals surface area contributed by atoms with Crippen molar-refractivity contribution in [2.45, 2.75) is 13.0 Å². The van der Waals surface area contributed by atoms with Crippen molar-refractivity contribution >= 4 is 28.5 Å². The minimum absolute atomic E-state index is 0.0425. The summed E-state index contributed by atoms with van der Waals surface area (Å²) in [6.45, 7) is 6.34. The highest BCUT2D eigenvalue weighted by atomic mass is 16.2. The second-order valence-corrected chi connectivity index (χ2v) is 7.57. The zero-order chi connectivity index (χ0) is 21.7. The highest BCUT2D eigenvalue weighted by molar-refractivity contribution is 5.94. The Morgan fingerprint density at radius 2 is 2.19 bits per heavy atom. The zero-order valence-corrected chi connectivity index (χ0v) is 16.7. The molecular weight excluding hydrogens is 396 g/mol. The van der Waals surface area contributed by atoms with Crippen LogP contribution in [0.15, 0.2) is 47.1 Å². The van der Waals surface area contributed by atoms with Gasteiger partial charge in [0.25, 0.3) is 5.56 Å². The lowest BCUT2D eigenvalue weighted by molar-refractivity contribution is -0.130. The third-order valence-electron chi connectivity index (χ3n) is 5.71. The number of nitrogens with one attached hydrogen (secondary N) is 2. The third kappa shape index (κ3) is 2.82. The fraction of sp³-hybridized carbons (Fsp3) is 0.238. The monoisotopic (exact) mass is 414 g/mol. The van der Waals surface area contributed by atoms with Crippen LogP contribution >= 0.6 is 0 Å². The average Bonchev–Trinajstić information content (AvgIpc) is 3.21.